The molecular weight excluding hydrogens is 576 g/mol. The Bertz CT molecular complexity index is 1510. The molecule has 4 rings (SSSR count). The van der Waals surface area contributed by atoms with Crippen LogP contribution in [-0.2, 0) is 19.4 Å². The summed E-state index contributed by atoms with van der Waals surface area (Å²) in [5.41, 5.74) is 0.498. The zero-order valence-electron chi connectivity index (χ0n) is 25.6. The van der Waals surface area contributed by atoms with Gasteiger partial charge >= 0.3 is 12.1 Å². The van der Waals surface area contributed by atoms with Crippen LogP contribution in [0.3, 0.4) is 0 Å². The monoisotopic (exact) mass is 616 g/mol. The number of benzene rings is 1. The number of sulfone groups is 1. The number of carbonyl (C=O) groups excluding carboxylic acids is 3. The van der Waals surface area contributed by atoms with Crippen LogP contribution in [-0.4, -0.2) is 91.9 Å². The van der Waals surface area contributed by atoms with E-state index in [1.807, 2.05) is 18.7 Å². The van der Waals surface area contributed by atoms with Gasteiger partial charge in [0, 0.05) is 43.8 Å². The lowest BCUT2D eigenvalue weighted by molar-refractivity contribution is -0.117. The molecular formula is C28H40N8O6S. The Morgan fingerprint density at radius 3 is 2.51 bits per heavy atom. The maximum Gasteiger partial charge on any atom is 0.410 e. The molecule has 0 aliphatic carbocycles. The fraction of sp³-hybridized carbons (Fsp3) is 0.536. The van der Waals surface area contributed by atoms with Crippen molar-refractivity contribution in [2.45, 2.75) is 70.0 Å². The number of nitrogens with one attached hydrogen (secondary N) is 3. The predicted molar refractivity (Wildman–Crippen MR) is 164 cm³/mol. The lowest BCUT2D eigenvalue weighted by atomic mass is 10.2. The molecule has 234 valence electrons. The SMILES string of the molecule is CC(C)N1CC(=O)N(C)c2cnc(Nc3cc(NC(=O)NCC4CCCN4C(=O)OC(C)(C)C)cc(S(C)(=O)=O)c3)nc21. The van der Waals surface area contributed by atoms with Gasteiger partial charge in [-0.25, -0.2) is 23.0 Å². The van der Waals surface area contributed by atoms with E-state index in [-0.39, 0.29) is 47.6 Å². The smallest absolute Gasteiger partial charge is 0.410 e. The summed E-state index contributed by atoms with van der Waals surface area (Å²) in [5.74, 6) is 0.682. The molecule has 3 heterocycles. The molecule has 1 fully saturated rings. The van der Waals surface area contributed by atoms with Gasteiger partial charge in [0.1, 0.15) is 11.3 Å². The number of nitrogens with zero attached hydrogens (tertiary/aromatic N) is 5. The first-order valence-corrected chi connectivity index (χ1v) is 16.0. The van der Waals surface area contributed by atoms with Gasteiger partial charge in [-0.15, -0.1) is 0 Å². The van der Waals surface area contributed by atoms with Gasteiger partial charge in [-0.2, -0.15) is 4.98 Å². The highest BCUT2D eigenvalue weighted by molar-refractivity contribution is 7.90. The molecule has 15 heteroatoms. The van der Waals surface area contributed by atoms with Crippen LogP contribution in [0.15, 0.2) is 29.3 Å². The second-order valence-corrected chi connectivity index (χ2v) is 14.0. The van der Waals surface area contributed by atoms with E-state index in [9.17, 15) is 22.8 Å². The van der Waals surface area contributed by atoms with Crippen molar-refractivity contribution >= 4 is 56.7 Å². The average Bonchev–Trinajstić information content (AvgIpc) is 3.37. The lowest BCUT2D eigenvalue weighted by Crippen LogP contribution is -2.47. The second-order valence-electron chi connectivity index (χ2n) is 12.0. The minimum atomic E-state index is -3.64. The van der Waals surface area contributed by atoms with E-state index in [0.717, 1.165) is 19.1 Å². The highest BCUT2D eigenvalue weighted by Gasteiger charge is 2.33. The van der Waals surface area contributed by atoms with Crippen molar-refractivity contribution in [1.82, 2.24) is 20.2 Å². The van der Waals surface area contributed by atoms with Crippen molar-refractivity contribution in [1.29, 1.82) is 0 Å². The molecule has 0 spiro atoms. The van der Waals surface area contributed by atoms with Gasteiger partial charge in [0.2, 0.25) is 11.9 Å². The Morgan fingerprint density at radius 2 is 1.86 bits per heavy atom. The Morgan fingerprint density at radius 1 is 1.16 bits per heavy atom. The van der Waals surface area contributed by atoms with Crippen molar-refractivity contribution in [3.05, 3.63) is 24.4 Å². The van der Waals surface area contributed by atoms with Crippen LogP contribution < -0.4 is 25.8 Å². The molecule has 14 nitrogen and oxygen atoms in total. The summed E-state index contributed by atoms with van der Waals surface area (Å²) in [6.45, 7) is 10.2. The summed E-state index contributed by atoms with van der Waals surface area (Å²) >= 11 is 0. The summed E-state index contributed by atoms with van der Waals surface area (Å²) in [5, 5.41) is 8.49. The number of hydrogen-bond acceptors (Lipinski definition) is 10. The molecule has 1 atom stereocenters. The molecule has 43 heavy (non-hydrogen) atoms. The standard InChI is InChI=1S/C28H40N8O6S/c1-17(2)36-16-23(37)34(6)22-15-29-25(33-24(22)36)31-18-11-19(13-21(12-18)43(7,40)41)32-26(38)30-14-20-9-8-10-35(20)27(39)42-28(3,4)5/h11-13,15,17,20H,8-10,14,16H2,1-7H3,(H,29,31,33)(H2,30,32,38). The largest absolute Gasteiger partial charge is 0.444 e. The highest BCUT2D eigenvalue weighted by atomic mass is 32.2. The number of urea groups is 1. The Kier molecular flexibility index (Phi) is 9.04. The van der Waals surface area contributed by atoms with Gasteiger partial charge in [-0.3, -0.25) is 4.79 Å². The summed E-state index contributed by atoms with van der Waals surface area (Å²) in [6.07, 6.45) is 3.70. The minimum Gasteiger partial charge on any atom is -0.444 e. The van der Waals surface area contributed by atoms with Crippen molar-refractivity contribution < 1.29 is 27.5 Å². The summed E-state index contributed by atoms with van der Waals surface area (Å²) in [6, 6.07) is 3.57. The number of likely N-dealkylation sites (tertiary alicyclic amines) is 1. The van der Waals surface area contributed by atoms with Gasteiger partial charge in [0.25, 0.3) is 0 Å². The molecule has 0 saturated carbocycles. The van der Waals surface area contributed by atoms with Gasteiger partial charge in [-0.1, -0.05) is 0 Å². The van der Waals surface area contributed by atoms with Crippen LogP contribution in [0.4, 0.5) is 38.4 Å². The Labute approximate surface area is 252 Å². The van der Waals surface area contributed by atoms with Crippen LogP contribution in [0, 0.1) is 0 Å². The normalized spacial score (nSPS) is 17.2. The summed E-state index contributed by atoms with van der Waals surface area (Å²) in [4.78, 5) is 51.7. The summed E-state index contributed by atoms with van der Waals surface area (Å²) < 4.78 is 30.4. The van der Waals surface area contributed by atoms with Gasteiger partial charge in [-0.05, 0) is 65.7 Å². The highest BCUT2D eigenvalue weighted by Crippen LogP contribution is 2.33. The lowest BCUT2D eigenvalue weighted by Gasteiger charge is -2.36. The Hall–Kier alpha value is -4.14. The second kappa shape index (κ2) is 12.2. The van der Waals surface area contributed by atoms with E-state index in [4.69, 9.17) is 4.74 Å². The maximum atomic E-state index is 12.8. The topological polar surface area (TPSA) is 166 Å². The molecule has 2 aliphatic heterocycles. The zero-order chi connectivity index (χ0) is 31.7. The van der Waals surface area contributed by atoms with Gasteiger partial charge in [0.15, 0.2) is 15.7 Å². The van der Waals surface area contributed by atoms with Crippen molar-refractivity contribution in [3.8, 4) is 0 Å². The molecule has 1 aromatic carbocycles. The van der Waals surface area contributed by atoms with E-state index in [0.29, 0.717) is 23.7 Å². The number of rotatable bonds is 7. The number of carbonyl (C=O) groups is 3. The minimum absolute atomic E-state index is 0.00229. The van der Waals surface area contributed by atoms with Gasteiger partial charge in [0.05, 0.1) is 23.7 Å². The first kappa shape index (κ1) is 31.8. The van der Waals surface area contributed by atoms with Crippen molar-refractivity contribution in [3.63, 3.8) is 0 Å². The molecule has 4 amide bonds. The van der Waals surface area contributed by atoms with Crippen molar-refractivity contribution in [2.24, 2.45) is 0 Å². The van der Waals surface area contributed by atoms with Crippen LogP contribution >= 0.6 is 0 Å². The molecule has 2 aromatic rings. The predicted octanol–water partition coefficient (Wildman–Crippen LogP) is 3.34. The first-order valence-electron chi connectivity index (χ1n) is 14.1. The third-order valence-corrected chi connectivity index (χ3v) is 8.13. The van der Waals surface area contributed by atoms with Gasteiger partial charge < -0.3 is 35.4 Å². The van der Waals surface area contributed by atoms with E-state index >= 15 is 0 Å². The fourth-order valence-electron chi connectivity index (χ4n) is 4.84. The van der Waals surface area contributed by atoms with Crippen LogP contribution in [0.5, 0.6) is 0 Å². The van der Waals surface area contributed by atoms with E-state index in [1.165, 1.54) is 23.2 Å². The molecule has 3 N–H and O–H groups in total. The van der Waals surface area contributed by atoms with E-state index in [1.54, 1.807) is 38.8 Å². The molecule has 0 radical (unpaired) electrons. The number of ether oxygens (including phenoxy) is 1. The van der Waals surface area contributed by atoms with Crippen LogP contribution in [0.25, 0.3) is 0 Å². The molecule has 0 bridgehead atoms. The molecule has 1 saturated heterocycles. The third kappa shape index (κ3) is 7.83. The quantitative estimate of drug-likeness (QED) is 0.420. The fourth-order valence-corrected chi connectivity index (χ4v) is 5.53. The maximum absolute atomic E-state index is 12.8. The van der Waals surface area contributed by atoms with E-state index < -0.39 is 27.6 Å². The molecule has 2 aliphatic rings. The average molecular weight is 617 g/mol. The number of hydrogen-bond donors (Lipinski definition) is 3. The summed E-state index contributed by atoms with van der Waals surface area (Å²) in [7, 11) is -1.98. The van der Waals surface area contributed by atoms with Crippen molar-refractivity contribution in [2.75, 3.05) is 53.4 Å². The number of aromatic nitrogens is 2. The molecule has 1 unspecified atom stereocenters. The van der Waals surface area contributed by atoms with E-state index in [2.05, 4.69) is 25.9 Å². The Balaban J connectivity index is 1.50. The first-order chi connectivity index (χ1) is 20.0. The van der Waals surface area contributed by atoms with Crippen LogP contribution in [0.1, 0.15) is 47.5 Å². The number of fused-ring (bicyclic) bond motifs is 1. The number of likely N-dealkylation sites (N-methyl/N-ethyl adjacent to an activating group) is 1. The third-order valence-electron chi connectivity index (χ3n) is 7.04. The zero-order valence-corrected chi connectivity index (χ0v) is 26.4. The van der Waals surface area contributed by atoms with Crippen LogP contribution in [0.2, 0.25) is 0 Å². The number of amides is 4. The number of anilines is 5. The molecule has 1 aromatic heterocycles.